The van der Waals surface area contributed by atoms with Gasteiger partial charge in [0.05, 0.1) is 19.3 Å². The van der Waals surface area contributed by atoms with Crippen molar-refractivity contribution < 1.29 is 9.26 Å². The van der Waals surface area contributed by atoms with Crippen LogP contribution in [0.3, 0.4) is 0 Å². The number of nitrogens with zero attached hydrogens (tertiary/aromatic N) is 2. The molecule has 2 heterocycles. The van der Waals surface area contributed by atoms with Gasteiger partial charge in [-0.2, -0.15) is 0 Å². The first-order valence-corrected chi connectivity index (χ1v) is 7.33. The molecule has 2 aromatic rings. The summed E-state index contributed by atoms with van der Waals surface area (Å²) in [6.45, 7) is 4.29. The molecule has 1 aromatic carbocycles. The van der Waals surface area contributed by atoms with E-state index in [0.717, 1.165) is 43.3 Å². The number of rotatable bonds is 5. The fourth-order valence-electron chi connectivity index (χ4n) is 2.49. The maximum Gasteiger partial charge on any atom is 0.151 e. The maximum absolute atomic E-state index is 5.71. The van der Waals surface area contributed by atoms with Gasteiger partial charge in [-0.3, -0.25) is 0 Å². The number of ether oxygens (including phenoxy) is 1. The van der Waals surface area contributed by atoms with Crippen molar-refractivity contribution >= 4 is 0 Å². The first-order valence-electron chi connectivity index (χ1n) is 7.33. The summed E-state index contributed by atoms with van der Waals surface area (Å²) in [5, 5.41) is 7.48. The second-order valence-corrected chi connectivity index (χ2v) is 5.43. The van der Waals surface area contributed by atoms with E-state index in [1.807, 2.05) is 36.4 Å². The van der Waals surface area contributed by atoms with Crippen molar-refractivity contribution in [1.82, 2.24) is 15.4 Å². The van der Waals surface area contributed by atoms with Crippen molar-refractivity contribution in [3.05, 3.63) is 42.2 Å². The van der Waals surface area contributed by atoms with Crippen LogP contribution in [0.25, 0.3) is 11.3 Å². The van der Waals surface area contributed by atoms with Gasteiger partial charge < -0.3 is 19.5 Å². The molecule has 1 aliphatic heterocycles. The lowest BCUT2D eigenvalue weighted by atomic mass is 10.1. The standard InChI is InChI=1S/C16H21N3O2/c1-19-7-8-20-15(12-19)11-17-10-14-9-16(18-21-14)13-5-3-2-4-6-13/h2-6,9,15,17H,7-8,10-12H2,1H3/t15-/m0/s1. The number of nitrogens with one attached hydrogen (secondary N) is 1. The molecule has 0 radical (unpaired) electrons. The van der Waals surface area contributed by atoms with Gasteiger partial charge in [-0.1, -0.05) is 35.5 Å². The molecule has 1 atom stereocenters. The maximum atomic E-state index is 5.71. The average molecular weight is 287 g/mol. The summed E-state index contributed by atoms with van der Waals surface area (Å²) in [5.74, 6) is 0.845. The van der Waals surface area contributed by atoms with E-state index < -0.39 is 0 Å². The van der Waals surface area contributed by atoms with Crippen LogP contribution in [0, 0.1) is 0 Å². The summed E-state index contributed by atoms with van der Waals surface area (Å²) < 4.78 is 11.1. The third-order valence-electron chi connectivity index (χ3n) is 3.64. The molecule has 0 saturated carbocycles. The zero-order valence-corrected chi connectivity index (χ0v) is 12.3. The Morgan fingerprint density at radius 2 is 2.19 bits per heavy atom. The van der Waals surface area contributed by atoms with E-state index in [0.29, 0.717) is 6.54 Å². The molecule has 0 bridgehead atoms. The predicted molar refractivity (Wildman–Crippen MR) is 80.9 cm³/mol. The van der Waals surface area contributed by atoms with Gasteiger partial charge in [-0.25, -0.2) is 0 Å². The summed E-state index contributed by atoms with van der Waals surface area (Å²) in [7, 11) is 2.12. The Hall–Kier alpha value is -1.69. The fourth-order valence-corrected chi connectivity index (χ4v) is 2.49. The summed E-state index contributed by atoms with van der Waals surface area (Å²) >= 11 is 0. The molecule has 0 aliphatic carbocycles. The monoisotopic (exact) mass is 287 g/mol. The van der Waals surface area contributed by atoms with Crippen LogP contribution in [0.1, 0.15) is 5.76 Å². The first kappa shape index (κ1) is 14.3. The van der Waals surface area contributed by atoms with Crippen LogP contribution < -0.4 is 5.32 Å². The van der Waals surface area contributed by atoms with Crippen LogP contribution in [0.2, 0.25) is 0 Å². The van der Waals surface area contributed by atoms with Crippen molar-refractivity contribution in [3.8, 4) is 11.3 Å². The second-order valence-electron chi connectivity index (χ2n) is 5.43. The van der Waals surface area contributed by atoms with Crippen LogP contribution in [-0.4, -0.2) is 49.4 Å². The van der Waals surface area contributed by atoms with Gasteiger partial charge in [0.15, 0.2) is 5.76 Å². The van der Waals surface area contributed by atoms with Crippen molar-refractivity contribution in [2.24, 2.45) is 0 Å². The van der Waals surface area contributed by atoms with Gasteiger partial charge in [0.2, 0.25) is 0 Å². The number of benzene rings is 1. The van der Waals surface area contributed by atoms with Crippen molar-refractivity contribution in [3.63, 3.8) is 0 Å². The molecule has 3 rings (SSSR count). The Bertz CT molecular complexity index is 556. The van der Waals surface area contributed by atoms with Crippen molar-refractivity contribution in [1.29, 1.82) is 0 Å². The van der Waals surface area contributed by atoms with E-state index in [4.69, 9.17) is 9.26 Å². The Kier molecular flexibility index (Phi) is 4.65. The molecule has 0 unspecified atom stereocenters. The first-order chi connectivity index (χ1) is 10.3. The van der Waals surface area contributed by atoms with E-state index in [1.54, 1.807) is 0 Å². The lowest BCUT2D eigenvalue weighted by molar-refractivity contribution is -0.0184. The predicted octanol–water partition coefficient (Wildman–Crippen LogP) is 1.76. The minimum Gasteiger partial charge on any atom is -0.374 e. The molecular weight excluding hydrogens is 266 g/mol. The molecule has 1 aromatic heterocycles. The number of morpholine rings is 1. The van der Waals surface area contributed by atoms with Gasteiger partial charge in [0.25, 0.3) is 0 Å². The third-order valence-corrected chi connectivity index (χ3v) is 3.64. The molecule has 5 heteroatoms. The van der Waals surface area contributed by atoms with E-state index in [1.165, 1.54) is 0 Å². The fraction of sp³-hybridized carbons (Fsp3) is 0.438. The highest BCUT2D eigenvalue weighted by Gasteiger charge is 2.17. The zero-order valence-electron chi connectivity index (χ0n) is 12.3. The summed E-state index contributed by atoms with van der Waals surface area (Å²) in [6, 6.07) is 12.0. The van der Waals surface area contributed by atoms with Gasteiger partial charge in [0, 0.05) is 31.3 Å². The smallest absolute Gasteiger partial charge is 0.151 e. The number of likely N-dealkylation sites (N-methyl/N-ethyl adjacent to an activating group) is 1. The number of hydrogen-bond donors (Lipinski definition) is 1. The molecule has 21 heavy (non-hydrogen) atoms. The van der Waals surface area contributed by atoms with Crippen LogP contribution in [0.5, 0.6) is 0 Å². The molecular formula is C16H21N3O2. The Morgan fingerprint density at radius 3 is 3.00 bits per heavy atom. The zero-order chi connectivity index (χ0) is 14.5. The molecule has 1 saturated heterocycles. The van der Waals surface area contributed by atoms with Crippen LogP contribution in [0.15, 0.2) is 40.9 Å². The van der Waals surface area contributed by atoms with E-state index in [2.05, 4.69) is 22.4 Å². The highest BCUT2D eigenvalue weighted by Crippen LogP contribution is 2.18. The average Bonchev–Trinajstić information content (AvgIpc) is 2.97. The normalized spacial score (nSPS) is 19.8. The van der Waals surface area contributed by atoms with E-state index >= 15 is 0 Å². The minimum atomic E-state index is 0.250. The second kappa shape index (κ2) is 6.85. The minimum absolute atomic E-state index is 0.250. The SMILES string of the molecule is CN1CCO[C@@H](CNCc2cc(-c3ccccc3)no2)C1. The number of aromatic nitrogens is 1. The molecule has 1 N–H and O–H groups in total. The molecule has 1 fully saturated rings. The van der Waals surface area contributed by atoms with Gasteiger partial charge in [0.1, 0.15) is 5.69 Å². The summed E-state index contributed by atoms with van der Waals surface area (Å²) in [6.07, 6.45) is 0.250. The third kappa shape index (κ3) is 3.91. The molecule has 1 aliphatic rings. The van der Waals surface area contributed by atoms with Gasteiger partial charge in [-0.15, -0.1) is 0 Å². The quantitative estimate of drug-likeness (QED) is 0.908. The molecule has 5 nitrogen and oxygen atoms in total. The Balaban J connectivity index is 1.49. The molecule has 0 amide bonds. The lowest BCUT2D eigenvalue weighted by Gasteiger charge is -2.30. The van der Waals surface area contributed by atoms with Gasteiger partial charge >= 0.3 is 0 Å². The Morgan fingerprint density at radius 1 is 1.33 bits per heavy atom. The highest BCUT2D eigenvalue weighted by atomic mass is 16.5. The number of hydrogen-bond acceptors (Lipinski definition) is 5. The Labute approximate surface area is 124 Å². The van der Waals surface area contributed by atoms with Crippen molar-refractivity contribution in [2.75, 3.05) is 33.3 Å². The summed E-state index contributed by atoms with van der Waals surface area (Å²) in [5.41, 5.74) is 1.95. The van der Waals surface area contributed by atoms with E-state index in [-0.39, 0.29) is 6.10 Å². The highest BCUT2D eigenvalue weighted by molar-refractivity contribution is 5.58. The van der Waals surface area contributed by atoms with Crippen LogP contribution in [-0.2, 0) is 11.3 Å². The van der Waals surface area contributed by atoms with Gasteiger partial charge in [-0.05, 0) is 7.05 Å². The van der Waals surface area contributed by atoms with Crippen LogP contribution >= 0.6 is 0 Å². The van der Waals surface area contributed by atoms with Crippen molar-refractivity contribution in [2.45, 2.75) is 12.6 Å². The topological polar surface area (TPSA) is 50.5 Å². The van der Waals surface area contributed by atoms with E-state index in [9.17, 15) is 0 Å². The lowest BCUT2D eigenvalue weighted by Crippen LogP contribution is -2.44. The molecule has 112 valence electrons. The molecule has 0 spiro atoms. The largest absolute Gasteiger partial charge is 0.374 e. The van der Waals surface area contributed by atoms with Crippen LogP contribution in [0.4, 0.5) is 0 Å². The summed E-state index contributed by atoms with van der Waals surface area (Å²) in [4.78, 5) is 2.29.